The molecule has 0 amide bonds. The Morgan fingerprint density at radius 3 is 2.74 bits per heavy atom. The first-order chi connectivity index (χ1) is 8.95. The van der Waals surface area contributed by atoms with Crippen LogP contribution in [-0.4, -0.2) is 14.9 Å². The van der Waals surface area contributed by atoms with Crippen molar-refractivity contribution in [3.63, 3.8) is 0 Å². The summed E-state index contributed by atoms with van der Waals surface area (Å²) in [5.74, 6) is 0.592. The summed E-state index contributed by atoms with van der Waals surface area (Å²) in [4.78, 5) is 18.0. The average Bonchev–Trinajstić information content (AvgIpc) is 2.30. The van der Waals surface area contributed by atoms with E-state index in [0.717, 1.165) is 0 Å². The van der Waals surface area contributed by atoms with Crippen LogP contribution >= 0.6 is 15.9 Å². The molecule has 0 saturated carbocycles. The molecule has 0 aliphatic heterocycles. The number of halogens is 1. The van der Waals surface area contributed by atoms with Crippen LogP contribution in [-0.2, 0) is 0 Å². The molecule has 0 radical (unpaired) electrons. The van der Waals surface area contributed by atoms with Crippen LogP contribution in [0.1, 0.15) is 5.69 Å². The first-order valence-corrected chi connectivity index (χ1v) is 5.98. The Morgan fingerprint density at radius 1 is 1.37 bits per heavy atom. The van der Waals surface area contributed by atoms with E-state index in [1.807, 2.05) is 0 Å². The summed E-state index contributed by atoms with van der Waals surface area (Å²) in [5.41, 5.74) is 6.08. The fraction of sp³-hybridized carbons (Fsp3) is 0.0909. The lowest BCUT2D eigenvalue weighted by Gasteiger charge is -2.07. The van der Waals surface area contributed by atoms with Gasteiger partial charge in [-0.25, -0.2) is 4.98 Å². The summed E-state index contributed by atoms with van der Waals surface area (Å²) in [5, 5.41) is 10.7. The monoisotopic (exact) mass is 324 g/mol. The largest absolute Gasteiger partial charge is 0.437 e. The van der Waals surface area contributed by atoms with E-state index in [1.165, 1.54) is 18.2 Å². The molecule has 2 rings (SSSR count). The molecule has 0 unspecified atom stereocenters. The number of nitro groups is 1. The van der Waals surface area contributed by atoms with Crippen LogP contribution in [0.25, 0.3) is 0 Å². The summed E-state index contributed by atoms with van der Waals surface area (Å²) in [6, 6.07) is 5.79. The van der Waals surface area contributed by atoms with Crippen molar-refractivity contribution in [1.82, 2.24) is 9.97 Å². The highest BCUT2D eigenvalue weighted by atomic mass is 79.9. The van der Waals surface area contributed by atoms with Gasteiger partial charge in [0, 0.05) is 17.8 Å². The number of non-ortho nitro benzene ring substituents is 1. The number of nitrogens with zero attached hydrogens (tertiary/aromatic N) is 3. The number of anilines is 1. The van der Waals surface area contributed by atoms with E-state index in [-0.39, 0.29) is 23.3 Å². The number of aromatic nitrogens is 2. The third kappa shape index (κ3) is 3.16. The Bertz CT molecular complexity index is 628. The number of nitrogens with two attached hydrogens (primary N) is 1. The van der Waals surface area contributed by atoms with Gasteiger partial charge in [-0.3, -0.25) is 10.1 Å². The van der Waals surface area contributed by atoms with Gasteiger partial charge in [0.15, 0.2) is 5.75 Å². The van der Waals surface area contributed by atoms with E-state index in [9.17, 15) is 10.1 Å². The fourth-order valence-electron chi connectivity index (χ4n) is 1.41. The van der Waals surface area contributed by atoms with Gasteiger partial charge in [0.1, 0.15) is 0 Å². The molecular weight excluding hydrogens is 316 g/mol. The number of benzene rings is 1. The van der Waals surface area contributed by atoms with Crippen LogP contribution in [0.15, 0.2) is 28.7 Å². The Morgan fingerprint density at radius 2 is 2.11 bits per heavy atom. The van der Waals surface area contributed by atoms with Crippen molar-refractivity contribution in [2.24, 2.45) is 0 Å². The molecule has 0 atom stereocenters. The fourth-order valence-corrected chi connectivity index (χ4v) is 1.74. The molecule has 7 nitrogen and oxygen atoms in total. The lowest BCUT2D eigenvalue weighted by Crippen LogP contribution is -1.99. The van der Waals surface area contributed by atoms with Crippen LogP contribution in [0, 0.1) is 17.0 Å². The van der Waals surface area contributed by atoms with Crippen LogP contribution in [0.2, 0.25) is 0 Å². The maximum atomic E-state index is 10.7. The summed E-state index contributed by atoms with van der Waals surface area (Å²) in [6.07, 6.45) is 0. The van der Waals surface area contributed by atoms with Gasteiger partial charge in [-0.15, -0.1) is 0 Å². The van der Waals surface area contributed by atoms with E-state index in [0.29, 0.717) is 10.2 Å². The number of rotatable bonds is 3. The predicted octanol–water partition coefficient (Wildman–Crippen LogP) is 2.83. The van der Waals surface area contributed by atoms with Crippen molar-refractivity contribution < 1.29 is 9.66 Å². The van der Waals surface area contributed by atoms with Crippen molar-refractivity contribution in [2.45, 2.75) is 6.92 Å². The molecule has 0 fully saturated rings. The maximum absolute atomic E-state index is 10.7. The van der Waals surface area contributed by atoms with Gasteiger partial charge in [0.05, 0.1) is 15.5 Å². The lowest BCUT2D eigenvalue weighted by atomic mass is 10.3. The van der Waals surface area contributed by atoms with Crippen LogP contribution < -0.4 is 10.5 Å². The third-order valence-electron chi connectivity index (χ3n) is 2.19. The van der Waals surface area contributed by atoms with Gasteiger partial charge in [-0.2, -0.15) is 4.98 Å². The first kappa shape index (κ1) is 13.2. The predicted molar refractivity (Wildman–Crippen MR) is 72.1 cm³/mol. The molecule has 2 aromatic rings. The van der Waals surface area contributed by atoms with E-state index >= 15 is 0 Å². The minimum absolute atomic E-state index is 0.0723. The highest BCUT2D eigenvalue weighted by molar-refractivity contribution is 9.10. The molecule has 1 heterocycles. The summed E-state index contributed by atoms with van der Waals surface area (Å²) < 4.78 is 6.06. The van der Waals surface area contributed by atoms with Crippen molar-refractivity contribution in [3.05, 3.63) is 44.5 Å². The number of hydrogen-bond acceptors (Lipinski definition) is 6. The summed E-state index contributed by atoms with van der Waals surface area (Å²) in [6.45, 7) is 1.74. The van der Waals surface area contributed by atoms with Crippen molar-refractivity contribution >= 4 is 27.6 Å². The second kappa shape index (κ2) is 5.19. The Kier molecular flexibility index (Phi) is 3.61. The van der Waals surface area contributed by atoms with E-state index in [2.05, 4.69) is 25.9 Å². The third-order valence-corrected chi connectivity index (χ3v) is 2.84. The SMILES string of the molecule is Cc1cc(Oc2cc([N+](=O)[O-])ccc2Br)nc(N)n1. The normalized spacial score (nSPS) is 10.2. The molecule has 1 aromatic heterocycles. The smallest absolute Gasteiger partial charge is 0.273 e. The molecule has 0 aliphatic carbocycles. The topological polar surface area (TPSA) is 104 Å². The molecule has 0 aliphatic rings. The minimum atomic E-state index is -0.501. The van der Waals surface area contributed by atoms with E-state index in [4.69, 9.17) is 10.5 Å². The van der Waals surface area contributed by atoms with Crippen molar-refractivity contribution in [2.75, 3.05) is 5.73 Å². The number of ether oxygens (including phenoxy) is 1. The Hall–Kier alpha value is -2.22. The zero-order chi connectivity index (χ0) is 14.0. The lowest BCUT2D eigenvalue weighted by molar-refractivity contribution is -0.384. The highest BCUT2D eigenvalue weighted by Crippen LogP contribution is 2.32. The zero-order valence-corrected chi connectivity index (χ0v) is 11.4. The standard InChI is InChI=1S/C11H9BrN4O3/c1-6-4-10(15-11(13)14-6)19-9-5-7(16(17)18)2-3-8(9)12/h2-5H,1H3,(H2,13,14,15). The van der Waals surface area contributed by atoms with E-state index in [1.54, 1.807) is 13.0 Å². The maximum Gasteiger partial charge on any atom is 0.273 e. The molecule has 0 saturated heterocycles. The van der Waals surface area contributed by atoms with Gasteiger partial charge < -0.3 is 10.5 Å². The molecule has 98 valence electrons. The quantitative estimate of drug-likeness (QED) is 0.687. The van der Waals surface area contributed by atoms with Gasteiger partial charge >= 0.3 is 0 Å². The van der Waals surface area contributed by atoms with Crippen LogP contribution in [0.3, 0.4) is 0 Å². The van der Waals surface area contributed by atoms with Gasteiger partial charge in [0.25, 0.3) is 5.69 Å². The van der Waals surface area contributed by atoms with Crippen LogP contribution in [0.4, 0.5) is 11.6 Å². The first-order valence-electron chi connectivity index (χ1n) is 5.18. The number of nitro benzene ring substituents is 1. The summed E-state index contributed by atoms with van der Waals surface area (Å²) in [7, 11) is 0. The molecule has 8 heteroatoms. The van der Waals surface area contributed by atoms with Crippen LogP contribution in [0.5, 0.6) is 11.6 Å². The Labute approximate surface area is 116 Å². The Balaban J connectivity index is 2.37. The molecule has 2 N–H and O–H groups in total. The van der Waals surface area contributed by atoms with Gasteiger partial charge in [-0.05, 0) is 28.9 Å². The number of aryl methyl sites for hydroxylation is 1. The molecule has 0 bridgehead atoms. The van der Waals surface area contributed by atoms with Gasteiger partial charge in [0.2, 0.25) is 11.8 Å². The van der Waals surface area contributed by atoms with Crippen molar-refractivity contribution in [1.29, 1.82) is 0 Å². The zero-order valence-electron chi connectivity index (χ0n) is 9.83. The molecule has 19 heavy (non-hydrogen) atoms. The number of hydrogen-bond donors (Lipinski definition) is 1. The molecular formula is C11H9BrN4O3. The second-order valence-corrected chi connectivity index (χ2v) is 4.53. The number of nitrogen functional groups attached to an aromatic ring is 1. The molecule has 1 aromatic carbocycles. The average molecular weight is 325 g/mol. The molecule has 0 spiro atoms. The minimum Gasteiger partial charge on any atom is -0.437 e. The van der Waals surface area contributed by atoms with Crippen molar-refractivity contribution in [3.8, 4) is 11.6 Å². The highest BCUT2D eigenvalue weighted by Gasteiger charge is 2.12. The summed E-state index contributed by atoms with van der Waals surface area (Å²) >= 11 is 3.25. The second-order valence-electron chi connectivity index (χ2n) is 3.68. The van der Waals surface area contributed by atoms with E-state index < -0.39 is 4.92 Å². The van der Waals surface area contributed by atoms with Gasteiger partial charge in [-0.1, -0.05) is 0 Å².